The van der Waals surface area contributed by atoms with Gasteiger partial charge in [0.15, 0.2) is 0 Å². The Balaban J connectivity index is 1.82. The number of nitrogens with zero attached hydrogens (tertiary/aromatic N) is 2. The summed E-state index contributed by atoms with van der Waals surface area (Å²) in [7, 11) is 1.62. The lowest BCUT2D eigenvalue weighted by atomic mass is 9.88. The van der Waals surface area contributed by atoms with Crippen molar-refractivity contribution in [3.8, 4) is 11.4 Å². The summed E-state index contributed by atoms with van der Waals surface area (Å²) in [5, 5.41) is 3.24. The maximum atomic E-state index is 12.6. The first-order chi connectivity index (χ1) is 10.8. The van der Waals surface area contributed by atoms with Gasteiger partial charge in [-0.25, -0.2) is 4.68 Å². The molecule has 0 spiro atoms. The van der Waals surface area contributed by atoms with E-state index in [1.54, 1.807) is 18.0 Å². The molecule has 1 aliphatic carbocycles. The van der Waals surface area contributed by atoms with Crippen LogP contribution in [0, 0.1) is 0 Å². The zero-order valence-corrected chi connectivity index (χ0v) is 12.1. The first-order valence-corrected chi connectivity index (χ1v) is 7.15. The Hall–Kier alpha value is -2.82. The van der Waals surface area contributed by atoms with Gasteiger partial charge in [0.25, 0.3) is 5.56 Å². The fraction of sp³-hybridized carbons (Fsp3) is 0.176. The molecule has 22 heavy (non-hydrogen) atoms. The predicted octanol–water partition coefficient (Wildman–Crippen LogP) is 2.18. The van der Waals surface area contributed by atoms with Gasteiger partial charge in [0.1, 0.15) is 5.75 Å². The largest absolute Gasteiger partial charge is 0.497 e. The van der Waals surface area contributed by atoms with Gasteiger partial charge in [-0.1, -0.05) is 24.3 Å². The molecule has 2 unspecified atom stereocenters. The van der Waals surface area contributed by atoms with E-state index in [0.29, 0.717) is 5.56 Å². The van der Waals surface area contributed by atoms with Gasteiger partial charge in [-0.05, 0) is 24.3 Å². The first-order valence-electron chi connectivity index (χ1n) is 7.15. The molecule has 2 heterocycles. The third-order valence-electron chi connectivity index (χ3n) is 4.10. The molecule has 0 amide bonds. The molecule has 2 atom stereocenters. The average Bonchev–Trinajstić information content (AvgIpc) is 2.92. The summed E-state index contributed by atoms with van der Waals surface area (Å²) >= 11 is 0. The highest BCUT2D eigenvalue weighted by Crippen LogP contribution is 2.30. The van der Waals surface area contributed by atoms with Gasteiger partial charge in [0.2, 0.25) is 0 Å². The van der Waals surface area contributed by atoms with Gasteiger partial charge in [-0.3, -0.25) is 14.9 Å². The molecule has 0 bridgehead atoms. The maximum absolute atomic E-state index is 12.6. The van der Waals surface area contributed by atoms with E-state index in [2.05, 4.69) is 16.2 Å². The molecular weight excluding hydrogens is 278 g/mol. The van der Waals surface area contributed by atoms with Crippen molar-refractivity contribution in [1.82, 2.24) is 9.78 Å². The second kappa shape index (κ2) is 4.87. The summed E-state index contributed by atoms with van der Waals surface area (Å²) in [5.74, 6) is 0.854. The van der Waals surface area contributed by atoms with E-state index in [1.165, 1.54) is 0 Å². The number of methoxy groups -OCH3 is 1. The standard InChI is InChI=1S/C17H15N3O2/c1-22-12-8-6-11(7-9-12)20-17(21)14-10-18-15-5-3-2-4-13(15)16(14)19-20/h2-10,13,15,19H,1H3. The molecule has 1 N–H and O–H groups in total. The van der Waals surface area contributed by atoms with Crippen LogP contribution >= 0.6 is 0 Å². The smallest absolute Gasteiger partial charge is 0.280 e. The van der Waals surface area contributed by atoms with Crippen molar-refractivity contribution in [2.45, 2.75) is 12.0 Å². The molecule has 0 saturated heterocycles. The molecule has 2 aromatic rings. The van der Waals surface area contributed by atoms with Crippen LogP contribution in [0.5, 0.6) is 5.75 Å². The van der Waals surface area contributed by atoms with Crippen molar-refractivity contribution in [2.24, 2.45) is 4.99 Å². The Morgan fingerprint density at radius 3 is 2.73 bits per heavy atom. The third-order valence-corrected chi connectivity index (χ3v) is 4.10. The zero-order chi connectivity index (χ0) is 15.1. The van der Waals surface area contributed by atoms with Gasteiger partial charge >= 0.3 is 0 Å². The lowest BCUT2D eigenvalue weighted by Crippen LogP contribution is -2.22. The summed E-state index contributed by atoms with van der Waals surface area (Å²) in [6.45, 7) is 0. The van der Waals surface area contributed by atoms with Gasteiger partial charge in [-0.15, -0.1) is 0 Å². The summed E-state index contributed by atoms with van der Waals surface area (Å²) in [5.41, 5.74) is 2.25. The van der Waals surface area contributed by atoms with E-state index in [1.807, 2.05) is 42.5 Å². The van der Waals surface area contributed by atoms with E-state index in [0.717, 1.165) is 17.1 Å². The van der Waals surface area contributed by atoms with Crippen LogP contribution in [-0.2, 0) is 0 Å². The number of H-pyrrole nitrogens is 1. The van der Waals surface area contributed by atoms with Crippen LogP contribution in [0.15, 0.2) is 58.4 Å². The number of hydrogen-bond acceptors (Lipinski definition) is 3. The van der Waals surface area contributed by atoms with Crippen molar-refractivity contribution in [1.29, 1.82) is 0 Å². The number of nitrogens with one attached hydrogen (secondary N) is 1. The van der Waals surface area contributed by atoms with Gasteiger partial charge in [0.05, 0.1) is 30.1 Å². The number of rotatable bonds is 2. The maximum Gasteiger partial charge on any atom is 0.280 e. The van der Waals surface area contributed by atoms with Crippen molar-refractivity contribution in [3.05, 3.63) is 70.2 Å². The van der Waals surface area contributed by atoms with Crippen LogP contribution in [0.1, 0.15) is 17.2 Å². The number of aromatic nitrogens is 2. The number of allylic oxidation sites excluding steroid dienone is 2. The molecule has 5 nitrogen and oxygen atoms in total. The summed E-state index contributed by atoms with van der Waals surface area (Å²) in [6, 6.07) is 7.45. The Bertz CT molecular complexity index is 853. The number of aromatic amines is 1. The van der Waals surface area contributed by atoms with Crippen molar-refractivity contribution >= 4 is 6.21 Å². The minimum absolute atomic E-state index is 0.0693. The lowest BCUT2D eigenvalue weighted by molar-refractivity contribution is 0.414. The highest BCUT2D eigenvalue weighted by atomic mass is 16.5. The molecule has 2 aliphatic rings. The van der Waals surface area contributed by atoms with E-state index in [-0.39, 0.29) is 17.5 Å². The first kappa shape index (κ1) is 12.9. The van der Waals surface area contributed by atoms with Crippen LogP contribution in [0.3, 0.4) is 0 Å². The fourth-order valence-corrected chi connectivity index (χ4v) is 2.92. The monoisotopic (exact) mass is 293 g/mol. The molecule has 110 valence electrons. The number of ether oxygens (including phenoxy) is 1. The van der Waals surface area contributed by atoms with Gasteiger partial charge in [-0.2, -0.15) is 0 Å². The predicted molar refractivity (Wildman–Crippen MR) is 85.3 cm³/mol. The highest BCUT2D eigenvalue weighted by Gasteiger charge is 2.29. The molecule has 5 heteroatoms. The second-order valence-electron chi connectivity index (χ2n) is 5.34. The van der Waals surface area contributed by atoms with E-state index < -0.39 is 0 Å². The number of aliphatic imine (C=N–C) groups is 1. The Morgan fingerprint density at radius 1 is 1.18 bits per heavy atom. The number of benzene rings is 1. The quantitative estimate of drug-likeness (QED) is 0.922. The SMILES string of the molecule is COc1ccc(-n2[nH]c3c(c2=O)C=NC2C=CC=CC32)cc1. The second-order valence-corrected chi connectivity index (χ2v) is 5.34. The van der Waals surface area contributed by atoms with Crippen LogP contribution in [-0.4, -0.2) is 29.1 Å². The topological polar surface area (TPSA) is 59.4 Å². The Kier molecular flexibility index (Phi) is 2.85. The molecule has 1 aromatic heterocycles. The fourth-order valence-electron chi connectivity index (χ4n) is 2.92. The molecule has 1 aliphatic heterocycles. The summed E-state index contributed by atoms with van der Waals surface area (Å²) < 4.78 is 6.71. The van der Waals surface area contributed by atoms with Crippen molar-refractivity contribution in [2.75, 3.05) is 7.11 Å². The minimum Gasteiger partial charge on any atom is -0.497 e. The summed E-state index contributed by atoms with van der Waals surface area (Å²) in [6.07, 6.45) is 9.79. The average molecular weight is 293 g/mol. The summed E-state index contributed by atoms with van der Waals surface area (Å²) in [4.78, 5) is 17.1. The molecule has 1 aromatic carbocycles. The Labute approximate surface area is 127 Å². The molecular formula is C17H15N3O2. The molecule has 0 fully saturated rings. The number of hydrogen-bond donors (Lipinski definition) is 1. The van der Waals surface area contributed by atoms with E-state index in [4.69, 9.17) is 4.74 Å². The van der Waals surface area contributed by atoms with Crippen LogP contribution in [0.4, 0.5) is 0 Å². The molecule has 4 rings (SSSR count). The third kappa shape index (κ3) is 1.86. The zero-order valence-electron chi connectivity index (χ0n) is 12.1. The van der Waals surface area contributed by atoms with Gasteiger partial charge in [0, 0.05) is 12.1 Å². The lowest BCUT2D eigenvalue weighted by Gasteiger charge is -2.23. The van der Waals surface area contributed by atoms with Crippen molar-refractivity contribution in [3.63, 3.8) is 0 Å². The van der Waals surface area contributed by atoms with Crippen molar-refractivity contribution < 1.29 is 4.74 Å². The van der Waals surface area contributed by atoms with Crippen LogP contribution in [0.2, 0.25) is 0 Å². The number of fused-ring (bicyclic) bond motifs is 3. The van der Waals surface area contributed by atoms with E-state index >= 15 is 0 Å². The molecule has 0 saturated carbocycles. The van der Waals surface area contributed by atoms with Crippen LogP contribution < -0.4 is 10.3 Å². The highest BCUT2D eigenvalue weighted by molar-refractivity contribution is 5.83. The molecule has 0 radical (unpaired) electrons. The van der Waals surface area contributed by atoms with E-state index in [9.17, 15) is 4.79 Å². The Morgan fingerprint density at radius 2 is 1.95 bits per heavy atom. The minimum atomic E-state index is -0.0784. The van der Waals surface area contributed by atoms with Gasteiger partial charge < -0.3 is 4.74 Å². The normalized spacial score (nSPS) is 21.5. The van der Waals surface area contributed by atoms with Crippen LogP contribution in [0.25, 0.3) is 5.69 Å².